The van der Waals surface area contributed by atoms with Gasteiger partial charge in [-0.25, -0.2) is 13.9 Å². The zero-order chi connectivity index (χ0) is 20.3. The van der Waals surface area contributed by atoms with Gasteiger partial charge in [0, 0.05) is 31.9 Å². The summed E-state index contributed by atoms with van der Waals surface area (Å²) in [5, 5.41) is 13.3. The van der Waals surface area contributed by atoms with Crippen molar-refractivity contribution in [2.24, 2.45) is 0 Å². The molecule has 0 aliphatic carbocycles. The first kappa shape index (κ1) is 19.6. The zero-order valence-corrected chi connectivity index (χ0v) is 16.0. The van der Waals surface area contributed by atoms with Crippen molar-refractivity contribution in [2.45, 2.75) is 6.54 Å². The topological polar surface area (TPSA) is 92.2 Å². The number of aromatic nitrogens is 3. The van der Waals surface area contributed by atoms with Crippen LogP contribution in [0.5, 0.6) is 0 Å². The minimum atomic E-state index is -0.555. The van der Waals surface area contributed by atoms with Gasteiger partial charge in [0.15, 0.2) is 0 Å². The van der Waals surface area contributed by atoms with Crippen LogP contribution in [0.4, 0.5) is 14.9 Å². The second-order valence-corrected chi connectivity index (χ2v) is 6.63. The first-order chi connectivity index (χ1) is 13.3. The van der Waals surface area contributed by atoms with Gasteiger partial charge in [0.2, 0.25) is 0 Å². The Morgan fingerprint density at radius 2 is 2.00 bits per heavy atom. The van der Waals surface area contributed by atoms with Crippen molar-refractivity contribution >= 4 is 40.3 Å². The summed E-state index contributed by atoms with van der Waals surface area (Å²) < 4.78 is 14.8. The van der Waals surface area contributed by atoms with Crippen LogP contribution in [0.15, 0.2) is 36.4 Å². The van der Waals surface area contributed by atoms with E-state index >= 15 is 0 Å². The standard InChI is InChI=1S/C18H18ClFN6O2/c1-25(2)17(27)11-3-6-16-15(9-11)23-24-26(16)8-7-21-18(28)22-12-4-5-14(20)13(19)10-12/h3-6,9-10H,7-8H2,1-2H3,(H2,21,22,28). The first-order valence-corrected chi connectivity index (χ1v) is 8.78. The lowest BCUT2D eigenvalue weighted by Crippen LogP contribution is -2.31. The summed E-state index contributed by atoms with van der Waals surface area (Å²) in [4.78, 5) is 25.4. The second-order valence-electron chi connectivity index (χ2n) is 6.23. The number of hydrogen-bond acceptors (Lipinski definition) is 4. The Morgan fingerprint density at radius 3 is 2.71 bits per heavy atom. The molecule has 0 bridgehead atoms. The van der Waals surface area contributed by atoms with Crippen LogP contribution >= 0.6 is 11.6 Å². The SMILES string of the molecule is CN(C)C(=O)c1ccc2c(c1)nnn2CCNC(=O)Nc1ccc(F)c(Cl)c1. The molecule has 2 aromatic carbocycles. The van der Waals surface area contributed by atoms with E-state index in [4.69, 9.17) is 11.6 Å². The van der Waals surface area contributed by atoms with Crippen LogP contribution in [0.25, 0.3) is 11.0 Å². The van der Waals surface area contributed by atoms with Crippen molar-refractivity contribution in [2.75, 3.05) is 26.0 Å². The molecule has 3 aromatic rings. The molecule has 3 amide bonds. The fourth-order valence-corrected chi connectivity index (χ4v) is 2.73. The van der Waals surface area contributed by atoms with Crippen molar-refractivity contribution in [1.82, 2.24) is 25.2 Å². The molecule has 146 valence electrons. The van der Waals surface area contributed by atoms with Crippen molar-refractivity contribution in [3.8, 4) is 0 Å². The number of amides is 3. The number of carbonyl (C=O) groups excluding carboxylic acids is 2. The van der Waals surface area contributed by atoms with Crippen LogP contribution in [0.2, 0.25) is 5.02 Å². The first-order valence-electron chi connectivity index (χ1n) is 8.40. The highest BCUT2D eigenvalue weighted by atomic mass is 35.5. The predicted octanol–water partition coefficient (Wildman–Crippen LogP) is 2.75. The maximum absolute atomic E-state index is 13.1. The molecular formula is C18H18ClFN6O2. The predicted molar refractivity (Wildman–Crippen MR) is 104 cm³/mol. The minimum absolute atomic E-state index is 0.0704. The van der Waals surface area contributed by atoms with Crippen LogP contribution in [-0.4, -0.2) is 52.5 Å². The van der Waals surface area contributed by atoms with Gasteiger partial charge in [-0.15, -0.1) is 5.10 Å². The Balaban J connectivity index is 1.58. The lowest BCUT2D eigenvalue weighted by Gasteiger charge is -2.10. The molecular weight excluding hydrogens is 387 g/mol. The molecule has 0 unspecified atom stereocenters. The second kappa shape index (κ2) is 8.22. The smallest absolute Gasteiger partial charge is 0.319 e. The fraction of sp³-hybridized carbons (Fsp3) is 0.222. The maximum atomic E-state index is 13.1. The van der Waals surface area contributed by atoms with Gasteiger partial charge in [0.1, 0.15) is 11.3 Å². The van der Waals surface area contributed by atoms with Crippen LogP contribution in [0.3, 0.4) is 0 Å². The van der Waals surface area contributed by atoms with E-state index < -0.39 is 11.8 Å². The largest absolute Gasteiger partial charge is 0.345 e. The molecule has 1 heterocycles. The quantitative estimate of drug-likeness (QED) is 0.684. The summed E-state index contributed by atoms with van der Waals surface area (Å²) in [5.74, 6) is -0.670. The normalized spacial score (nSPS) is 10.7. The Labute approximate surface area is 165 Å². The number of nitrogens with zero attached hydrogens (tertiary/aromatic N) is 4. The Hall–Kier alpha value is -3.20. The van der Waals surface area contributed by atoms with Gasteiger partial charge in [0.25, 0.3) is 5.91 Å². The molecule has 0 aliphatic rings. The van der Waals surface area contributed by atoms with E-state index in [0.29, 0.717) is 23.3 Å². The van der Waals surface area contributed by atoms with Crippen LogP contribution in [0, 0.1) is 5.82 Å². The van der Waals surface area contributed by atoms with E-state index in [1.165, 1.54) is 23.1 Å². The van der Waals surface area contributed by atoms with Gasteiger partial charge in [0.05, 0.1) is 17.1 Å². The molecule has 0 fully saturated rings. The highest BCUT2D eigenvalue weighted by molar-refractivity contribution is 6.31. The molecule has 2 N–H and O–H groups in total. The molecule has 0 atom stereocenters. The van der Waals surface area contributed by atoms with Gasteiger partial charge in [-0.2, -0.15) is 0 Å². The van der Waals surface area contributed by atoms with E-state index in [9.17, 15) is 14.0 Å². The number of fused-ring (bicyclic) bond motifs is 1. The van der Waals surface area contributed by atoms with E-state index in [-0.39, 0.29) is 17.5 Å². The van der Waals surface area contributed by atoms with Gasteiger partial charge in [-0.3, -0.25) is 4.79 Å². The molecule has 1 aromatic heterocycles. The highest BCUT2D eigenvalue weighted by Gasteiger charge is 2.12. The fourth-order valence-electron chi connectivity index (χ4n) is 2.55. The van der Waals surface area contributed by atoms with Crippen molar-refractivity contribution in [3.05, 3.63) is 52.8 Å². The number of urea groups is 1. The third-order valence-electron chi connectivity index (χ3n) is 3.95. The number of hydrogen-bond donors (Lipinski definition) is 2. The molecule has 0 spiro atoms. The Kier molecular flexibility index (Phi) is 5.74. The molecule has 0 radical (unpaired) electrons. The van der Waals surface area contributed by atoms with Crippen LogP contribution in [0.1, 0.15) is 10.4 Å². The van der Waals surface area contributed by atoms with Crippen LogP contribution < -0.4 is 10.6 Å². The minimum Gasteiger partial charge on any atom is -0.345 e. The van der Waals surface area contributed by atoms with E-state index in [1.807, 2.05) is 0 Å². The van der Waals surface area contributed by atoms with Gasteiger partial charge >= 0.3 is 6.03 Å². The van der Waals surface area contributed by atoms with Crippen molar-refractivity contribution < 1.29 is 14.0 Å². The van der Waals surface area contributed by atoms with E-state index in [0.717, 1.165) is 5.52 Å². The molecule has 0 saturated heterocycles. The third kappa shape index (κ3) is 4.37. The van der Waals surface area contributed by atoms with E-state index in [2.05, 4.69) is 20.9 Å². The summed E-state index contributed by atoms with van der Waals surface area (Å²) in [6, 6.07) is 8.63. The number of carbonyl (C=O) groups is 2. The summed E-state index contributed by atoms with van der Waals surface area (Å²) in [5.41, 5.74) is 2.26. The summed E-state index contributed by atoms with van der Waals surface area (Å²) >= 11 is 5.68. The van der Waals surface area contributed by atoms with Gasteiger partial charge < -0.3 is 15.5 Å². The number of benzene rings is 2. The highest BCUT2D eigenvalue weighted by Crippen LogP contribution is 2.19. The van der Waals surface area contributed by atoms with Crippen molar-refractivity contribution in [1.29, 1.82) is 0 Å². The van der Waals surface area contributed by atoms with Gasteiger partial charge in [-0.1, -0.05) is 16.8 Å². The molecule has 28 heavy (non-hydrogen) atoms. The lowest BCUT2D eigenvalue weighted by atomic mass is 10.2. The number of anilines is 1. The monoisotopic (exact) mass is 404 g/mol. The van der Waals surface area contributed by atoms with Gasteiger partial charge in [-0.05, 0) is 36.4 Å². The Bertz CT molecular complexity index is 1040. The molecule has 8 nitrogen and oxygen atoms in total. The molecule has 10 heteroatoms. The maximum Gasteiger partial charge on any atom is 0.319 e. The number of rotatable bonds is 5. The molecule has 3 rings (SSSR count). The van der Waals surface area contributed by atoms with Crippen molar-refractivity contribution in [3.63, 3.8) is 0 Å². The summed E-state index contributed by atoms with van der Waals surface area (Å²) in [6.07, 6.45) is 0. The molecule has 0 aliphatic heterocycles. The summed E-state index contributed by atoms with van der Waals surface area (Å²) in [7, 11) is 3.36. The zero-order valence-electron chi connectivity index (χ0n) is 15.2. The third-order valence-corrected chi connectivity index (χ3v) is 4.24. The summed E-state index contributed by atoms with van der Waals surface area (Å²) in [6.45, 7) is 0.673. The number of nitrogens with one attached hydrogen (secondary N) is 2. The average molecular weight is 405 g/mol. The Morgan fingerprint density at radius 1 is 1.21 bits per heavy atom. The lowest BCUT2D eigenvalue weighted by molar-refractivity contribution is 0.0827. The van der Waals surface area contributed by atoms with Crippen LogP contribution in [-0.2, 0) is 6.54 Å². The van der Waals surface area contributed by atoms with E-state index in [1.54, 1.807) is 37.0 Å². The number of halogens is 2. The molecule has 0 saturated carbocycles. The average Bonchev–Trinajstić information content (AvgIpc) is 3.06.